The molecule has 0 N–H and O–H groups in total. The lowest BCUT2D eigenvalue weighted by molar-refractivity contribution is -0.126. The van der Waals surface area contributed by atoms with E-state index >= 15 is 0 Å². The Morgan fingerprint density at radius 1 is 1.37 bits per heavy atom. The monoisotopic (exact) mass is 280 g/mol. The quantitative estimate of drug-likeness (QED) is 0.826. The molecule has 0 amide bonds. The van der Waals surface area contributed by atoms with Crippen LogP contribution in [0.1, 0.15) is 44.7 Å². The molecule has 0 bridgehead atoms. The second-order valence-corrected chi connectivity index (χ2v) is 6.61. The topological polar surface area (TPSA) is 26.3 Å². The van der Waals surface area contributed by atoms with Gasteiger partial charge in [0, 0.05) is 23.3 Å². The van der Waals surface area contributed by atoms with Gasteiger partial charge in [0.2, 0.25) is 0 Å². The van der Waals surface area contributed by atoms with E-state index < -0.39 is 0 Å². The first-order valence-corrected chi connectivity index (χ1v) is 7.23. The summed E-state index contributed by atoms with van der Waals surface area (Å²) in [5.74, 6) is 1.31. The number of fused-ring (bicyclic) bond motifs is 1. The molecule has 0 fully saturated rings. The van der Waals surface area contributed by atoms with Crippen LogP contribution in [0.5, 0.6) is 5.75 Å². The third-order valence-electron chi connectivity index (χ3n) is 3.51. The maximum Gasteiger partial charge on any atom is 0.138 e. The van der Waals surface area contributed by atoms with Crippen molar-refractivity contribution in [2.75, 3.05) is 6.61 Å². The number of carbonyl (C=O) groups is 1. The van der Waals surface area contributed by atoms with Crippen LogP contribution in [0.15, 0.2) is 12.1 Å². The third kappa shape index (κ3) is 3.50. The molecule has 1 aliphatic rings. The lowest BCUT2D eigenvalue weighted by atomic mass is 9.87. The molecule has 0 unspecified atom stereocenters. The van der Waals surface area contributed by atoms with Crippen molar-refractivity contribution in [2.24, 2.45) is 5.41 Å². The van der Waals surface area contributed by atoms with Crippen LogP contribution >= 0.6 is 11.6 Å². The number of aryl methyl sites for hydroxylation is 1. The zero-order valence-corrected chi connectivity index (χ0v) is 12.6. The molecule has 19 heavy (non-hydrogen) atoms. The largest absolute Gasteiger partial charge is 0.493 e. The van der Waals surface area contributed by atoms with E-state index in [4.69, 9.17) is 16.3 Å². The van der Waals surface area contributed by atoms with Gasteiger partial charge in [0.05, 0.1) is 6.61 Å². The lowest BCUT2D eigenvalue weighted by Gasteiger charge is -2.16. The minimum atomic E-state index is -0.243. The highest BCUT2D eigenvalue weighted by Crippen LogP contribution is 2.33. The minimum absolute atomic E-state index is 0.243. The van der Waals surface area contributed by atoms with Gasteiger partial charge < -0.3 is 4.74 Å². The molecule has 0 saturated carbocycles. The fraction of sp³-hybridized carbons (Fsp3) is 0.562. The molecule has 0 radical (unpaired) electrons. The molecule has 1 aromatic rings. The fourth-order valence-electron chi connectivity index (χ4n) is 2.35. The second-order valence-electron chi connectivity index (χ2n) is 6.18. The van der Waals surface area contributed by atoms with Crippen LogP contribution < -0.4 is 4.74 Å². The van der Waals surface area contributed by atoms with Crippen LogP contribution in [0.4, 0.5) is 0 Å². The Balaban J connectivity index is 1.99. The van der Waals surface area contributed by atoms with Crippen molar-refractivity contribution in [3.05, 3.63) is 28.3 Å². The van der Waals surface area contributed by atoms with Crippen molar-refractivity contribution < 1.29 is 9.53 Å². The van der Waals surface area contributed by atoms with Gasteiger partial charge in [-0.15, -0.1) is 0 Å². The Hall–Kier alpha value is -1.02. The first-order chi connectivity index (χ1) is 8.88. The molecule has 0 aromatic heterocycles. The first kappa shape index (κ1) is 14.4. The number of halogens is 1. The number of hydrogen-bond donors (Lipinski definition) is 0. The van der Waals surface area contributed by atoms with Crippen LogP contribution in [0.2, 0.25) is 5.02 Å². The van der Waals surface area contributed by atoms with Gasteiger partial charge in [-0.25, -0.2) is 0 Å². The van der Waals surface area contributed by atoms with Gasteiger partial charge in [-0.05, 0) is 36.1 Å². The number of ether oxygens (including phenoxy) is 1. The zero-order chi connectivity index (χ0) is 14.0. The molecule has 0 aliphatic carbocycles. The van der Waals surface area contributed by atoms with Crippen molar-refractivity contribution in [1.29, 1.82) is 0 Å². The summed E-state index contributed by atoms with van der Waals surface area (Å²) < 4.78 is 5.67. The SMILES string of the molecule is CC(C)(C)C(=O)CCCc1cc(Cl)cc2c1OCC2. The van der Waals surface area contributed by atoms with Gasteiger partial charge >= 0.3 is 0 Å². The second kappa shape index (κ2) is 5.54. The van der Waals surface area contributed by atoms with E-state index in [0.717, 1.165) is 42.2 Å². The molecule has 3 heteroatoms. The van der Waals surface area contributed by atoms with E-state index in [9.17, 15) is 4.79 Å². The maximum absolute atomic E-state index is 11.9. The summed E-state index contributed by atoms with van der Waals surface area (Å²) in [4.78, 5) is 11.9. The predicted molar refractivity (Wildman–Crippen MR) is 78.1 cm³/mol. The highest BCUT2D eigenvalue weighted by Gasteiger charge is 2.21. The van der Waals surface area contributed by atoms with Gasteiger partial charge in [0.1, 0.15) is 11.5 Å². The molecular weight excluding hydrogens is 260 g/mol. The van der Waals surface area contributed by atoms with Crippen LogP contribution in [0.3, 0.4) is 0 Å². The molecule has 0 atom stereocenters. The minimum Gasteiger partial charge on any atom is -0.493 e. The van der Waals surface area contributed by atoms with E-state index in [0.29, 0.717) is 12.2 Å². The van der Waals surface area contributed by atoms with Crippen molar-refractivity contribution >= 4 is 17.4 Å². The van der Waals surface area contributed by atoms with Gasteiger partial charge in [-0.3, -0.25) is 4.79 Å². The Bertz CT molecular complexity index is 486. The maximum atomic E-state index is 11.9. The van der Waals surface area contributed by atoms with E-state index in [2.05, 4.69) is 0 Å². The Morgan fingerprint density at radius 2 is 2.11 bits per heavy atom. The molecule has 2 nitrogen and oxygen atoms in total. The van der Waals surface area contributed by atoms with Crippen molar-refractivity contribution in [1.82, 2.24) is 0 Å². The van der Waals surface area contributed by atoms with Crippen LogP contribution in [-0.4, -0.2) is 12.4 Å². The van der Waals surface area contributed by atoms with Crippen molar-refractivity contribution in [3.8, 4) is 5.75 Å². The number of rotatable bonds is 4. The molecule has 1 heterocycles. The average Bonchev–Trinajstić information content (AvgIpc) is 2.75. The predicted octanol–water partition coefficient (Wildman–Crippen LogP) is 4.21. The summed E-state index contributed by atoms with van der Waals surface area (Å²) in [5.41, 5.74) is 2.10. The zero-order valence-electron chi connectivity index (χ0n) is 11.9. The molecule has 0 spiro atoms. The lowest BCUT2D eigenvalue weighted by Crippen LogP contribution is -2.19. The van der Waals surface area contributed by atoms with Gasteiger partial charge in [-0.2, -0.15) is 0 Å². The summed E-state index contributed by atoms with van der Waals surface area (Å²) in [7, 11) is 0. The molecule has 1 aliphatic heterocycles. The van der Waals surface area contributed by atoms with Crippen molar-refractivity contribution in [3.63, 3.8) is 0 Å². The average molecular weight is 281 g/mol. The molecular formula is C16H21ClO2. The number of Topliss-reactive ketones (excluding diaryl/α,β-unsaturated/α-hetero) is 1. The molecule has 1 aromatic carbocycles. The summed E-state index contributed by atoms with van der Waals surface area (Å²) in [6.45, 7) is 6.64. The Labute approximate surface area is 120 Å². The van der Waals surface area contributed by atoms with Gasteiger partial charge in [0.15, 0.2) is 0 Å². The first-order valence-electron chi connectivity index (χ1n) is 6.85. The van der Waals surface area contributed by atoms with E-state index in [-0.39, 0.29) is 5.41 Å². The summed E-state index contributed by atoms with van der Waals surface area (Å²) >= 11 is 6.12. The molecule has 0 saturated heterocycles. The van der Waals surface area contributed by atoms with Crippen LogP contribution in [-0.2, 0) is 17.6 Å². The summed E-state index contributed by atoms with van der Waals surface area (Å²) in [5, 5.41) is 0.765. The molecule has 2 rings (SSSR count). The Kier molecular flexibility index (Phi) is 4.19. The number of benzene rings is 1. The van der Waals surface area contributed by atoms with Gasteiger partial charge in [0.25, 0.3) is 0 Å². The van der Waals surface area contributed by atoms with E-state index in [1.165, 1.54) is 5.56 Å². The smallest absolute Gasteiger partial charge is 0.138 e. The molecule has 104 valence electrons. The standard InChI is InChI=1S/C16H21ClO2/c1-16(2,3)14(18)6-4-5-11-9-13(17)10-12-7-8-19-15(11)12/h9-10H,4-8H2,1-3H3. The third-order valence-corrected chi connectivity index (χ3v) is 3.73. The van der Waals surface area contributed by atoms with Gasteiger partial charge in [-0.1, -0.05) is 32.4 Å². The Morgan fingerprint density at radius 3 is 2.79 bits per heavy atom. The summed E-state index contributed by atoms with van der Waals surface area (Å²) in [6.07, 6.45) is 3.26. The van der Waals surface area contributed by atoms with Crippen LogP contribution in [0, 0.1) is 5.41 Å². The van der Waals surface area contributed by atoms with Crippen LogP contribution in [0.25, 0.3) is 0 Å². The number of hydrogen-bond acceptors (Lipinski definition) is 2. The number of ketones is 1. The highest BCUT2D eigenvalue weighted by molar-refractivity contribution is 6.30. The normalized spacial score (nSPS) is 14.1. The number of carbonyl (C=O) groups excluding carboxylic acids is 1. The highest BCUT2D eigenvalue weighted by atomic mass is 35.5. The van der Waals surface area contributed by atoms with Crippen molar-refractivity contribution in [2.45, 2.75) is 46.5 Å². The van der Waals surface area contributed by atoms with E-state index in [1.807, 2.05) is 32.9 Å². The van der Waals surface area contributed by atoms with E-state index in [1.54, 1.807) is 0 Å². The summed E-state index contributed by atoms with van der Waals surface area (Å²) in [6, 6.07) is 3.95. The fourth-order valence-corrected chi connectivity index (χ4v) is 2.61.